The Balaban J connectivity index is 1.86. The molecule has 1 fully saturated rings. The second-order valence-corrected chi connectivity index (χ2v) is 6.47. The molecule has 1 heterocycles. The average Bonchev–Trinajstić information content (AvgIpc) is 3.09. The SMILES string of the molecule is CCOc1ccc(NC(=O)C2(c3ccc(F)cc3)CCCC2)c(C)n1. The number of carbonyl (C=O) groups excluding carboxylic acids is 1. The summed E-state index contributed by atoms with van der Waals surface area (Å²) in [5.74, 6) is 0.210. The zero-order chi connectivity index (χ0) is 17.9. The minimum absolute atomic E-state index is 0.0503. The fourth-order valence-corrected chi connectivity index (χ4v) is 3.53. The van der Waals surface area contributed by atoms with Gasteiger partial charge in [0.25, 0.3) is 0 Å². The Labute approximate surface area is 147 Å². The van der Waals surface area contributed by atoms with Crippen LogP contribution in [-0.4, -0.2) is 17.5 Å². The minimum atomic E-state index is -0.598. The van der Waals surface area contributed by atoms with Crippen LogP contribution in [0.2, 0.25) is 0 Å². The number of nitrogens with one attached hydrogen (secondary N) is 1. The summed E-state index contributed by atoms with van der Waals surface area (Å²) in [6, 6.07) is 9.87. The molecule has 1 aliphatic rings. The van der Waals surface area contributed by atoms with Gasteiger partial charge in [0, 0.05) is 6.07 Å². The van der Waals surface area contributed by atoms with Gasteiger partial charge in [-0.05, 0) is 50.5 Å². The number of hydrogen-bond acceptors (Lipinski definition) is 3. The van der Waals surface area contributed by atoms with E-state index in [1.165, 1.54) is 12.1 Å². The number of carbonyl (C=O) groups is 1. The largest absolute Gasteiger partial charge is 0.478 e. The van der Waals surface area contributed by atoms with Crippen molar-refractivity contribution in [2.24, 2.45) is 0 Å². The lowest BCUT2D eigenvalue weighted by atomic mass is 9.78. The molecule has 3 rings (SSSR count). The highest BCUT2D eigenvalue weighted by molar-refractivity contribution is 5.99. The molecule has 1 aromatic heterocycles. The molecule has 1 amide bonds. The van der Waals surface area contributed by atoms with Crippen LogP contribution < -0.4 is 10.1 Å². The van der Waals surface area contributed by atoms with E-state index in [0.29, 0.717) is 23.9 Å². The Hall–Kier alpha value is -2.43. The lowest BCUT2D eigenvalue weighted by molar-refractivity contribution is -0.121. The average molecular weight is 342 g/mol. The molecular weight excluding hydrogens is 319 g/mol. The number of amides is 1. The first kappa shape index (κ1) is 17.4. The van der Waals surface area contributed by atoms with E-state index in [1.54, 1.807) is 18.2 Å². The van der Waals surface area contributed by atoms with E-state index >= 15 is 0 Å². The molecule has 0 aliphatic heterocycles. The van der Waals surface area contributed by atoms with Gasteiger partial charge in [0.15, 0.2) is 0 Å². The van der Waals surface area contributed by atoms with Gasteiger partial charge in [-0.3, -0.25) is 4.79 Å². The van der Waals surface area contributed by atoms with E-state index < -0.39 is 5.41 Å². The van der Waals surface area contributed by atoms with Crippen molar-refractivity contribution in [2.75, 3.05) is 11.9 Å². The summed E-state index contributed by atoms with van der Waals surface area (Å²) >= 11 is 0. The van der Waals surface area contributed by atoms with Crippen molar-refractivity contribution >= 4 is 11.6 Å². The Morgan fingerprint density at radius 1 is 1.20 bits per heavy atom. The van der Waals surface area contributed by atoms with Crippen LogP contribution in [0.4, 0.5) is 10.1 Å². The molecule has 0 saturated heterocycles. The quantitative estimate of drug-likeness (QED) is 0.877. The molecule has 0 radical (unpaired) electrons. The highest BCUT2D eigenvalue weighted by Gasteiger charge is 2.42. The number of pyridine rings is 1. The molecule has 5 heteroatoms. The maximum absolute atomic E-state index is 13.3. The summed E-state index contributed by atoms with van der Waals surface area (Å²) < 4.78 is 18.7. The minimum Gasteiger partial charge on any atom is -0.478 e. The summed E-state index contributed by atoms with van der Waals surface area (Å²) in [6.45, 7) is 4.29. The van der Waals surface area contributed by atoms with Crippen molar-refractivity contribution in [3.63, 3.8) is 0 Å². The number of rotatable bonds is 5. The third kappa shape index (κ3) is 3.50. The third-order valence-corrected chi connectivity index (χ3v) is 4.89. The van der Waals surface area contributed by atoms with E-state index in [-0.39, 0.29) is 11.7 Å². The van der Waals surface area contributed by atoms with Crippen LogP contribution >= 0.6 is 0 Å². The maximum Gasteiger partial charge on any atom is 0.235 e. The van der Waals surface area contributed by atoms with Crippen LogP contribution in [0, 0.1) is 12.7 Å². The molecular formula is C20H23FN2O2. The Kier molecular flexibility index (Phi) is 5.02. The lowest BCUT2D eigenvalue weighted by Crippen LogP contribution is -2.38. The van der Waals surface area contributed by atoms with Crippen molar-refractivity contribution in [1.82, 2.24) is 4.98 Å². The lowest BCUT2D eigenvalue weighted by Gasteiger charge is -2.28. The van der Waals surface area contributed by atoms with Gasteiger partial charge in [0.2, 0.25) is 11.8 Å². The molecule has 1 saturated carbocycles. The Bertz CT molecular complexity index is 753. The fraction of sp³-hybridized carbons (Fsp3) is 0.400. The van der Waals surface area contributed by atoms with Crippen LogP contribution in [0.3, 0.4) is 0 Å². The third-order valence-electron chi connectivity index (χ3n) is 4.89. The van der Waals surface area contributed by atoms with E-state index in [2.05, 4.69) is 10.3 Å². The van der Waals surface area contributed by atoms with Crippen LogP contribution in [0.1, 0.15) is 43.9 Å². The second-order valence-electron chi connectivity index (χ2n) is 6.47. The van der Waals surface area contributed by atoms with Crippen LogP contribution in [0.5, 0.6) is 5.88 Å². The highest BCUT2D eigenvalue weighted by Crippen LogP contribution is 2.42. The summed E-state index contributed by atoms with van der Waals surface area (Å²) in [5, 5.41) is 3.02. The molecule has 0 bridgehead atoms. The number of hydrogen-bond donors (Lipinski definition) is 1. The van der Waals surface area contributed by atoms with E-state index in [1.807, 2.05) is 19.9 Å². The van der Waals surface area contributed by atoms with Gasteiger partial charge in [-0.15, -0.1) is 0 Å². The maximum atomic E-state index is 13.3. The van der Waals surface area contributed by atoms with Crippen LogP contribution in [0.25, 0.3) is 0 Å². The van der Waals surface area contributed by atoms with Gasteiger partial charge in [-0.25, -0.2) is 9.37 Å². The molecule has 132 valence electrons. The zero-order valence-electron chi connectivity index (χ0n) is 14.6. The molecule has 2 aromatic rings. The summed E-state index contributed by atoms with van der Waals surface area (Å²) in [6.07, 6.45) is 3.53. The van der Waals surface area contributed by atoms with Gasteiger partial charge in [-0.2, -0.15) is 0 Å². The van der Waals surface area contributed by atoms with Crippen molar-refractivity contribution in [2.45, 2.75) is 44.9 Å². The predicted molar refractivity (Wildman–Crippen MR) is 95.3 cm³/mol. The van der Waals surface area contributed by atoms with Gasteiger partial charge in [0.1, 0.15) is 5.82 Å². The van der Waals surface area contributed by atoms with Gasteiger partial charge >= 0.3 is 0 Å². The summed E-state index contributed by atoms with van der Waals surface area (Å²) in [5.41, 5.74) is 1.67. The van der Waals surface area contributed by atoms with Crippen LogP contribution in [-0.2, 0) is 10.2 Å². The van der Waals surface area contributed by atoms with Crippen molar-refractivity contribution in [3.8, 4) is 5.88 Å². The van der Waals surface area contributed by atoms with Crippen LogP contribution in [0.15, 0.2) is 36.4 Å². The topological polar surface area (TPSA) is 51.2 Å². The summed E-state index contributed by atoms with van der Waals surface area (Å²) in [7, 11) is 0. The molecule has 0 atom stereocenters. The van der Waals surface area contributed by atoms with Gasteiger partial charge in [0.05, 0.1) is 23.4 Å². The molecule has 0 spiro atoms. The number of anilines is 1. The molecule has 1 aliphatic carbocycles. The van der Waals surface area contributed by atoms with E-state index in [9.17, 15) is 9.18 Å². The number of ether oxygens (including phenoxy) is 1. The normalized spacial score (nSPS) is 15.8. The molecule has 1 N–H and O–H groups in total. The van der Waals surface area contributed by atoms with E-state index in [4.69, 9.17) is 4.74 Å². The number of nitrogens with zero attached hydrogens (tertiary/aromatic N) is 1. The molecule has 25 heavy (non-hydrogen) atoms. The first-order chi connectivity index (χ1) is 12.0. The zero-order valence-corrected chi connectivity index (χ0v) is 14.6. The van der Waals surface area contributed by atoms with Gasteiger partial charge < -0.3 is 10.1 Å². The molecule has 1 aromatic carbocycles. The number of halogens is 1. The van der Waals surface area contributed by atoms with Gasteiger partial charge in [-0.1, -0.05) is 25.0 Å². The second kappa shape index (κ2) is 7.21. The molecule has 0 unspecified atom stereocenters. The number of aromatic nitrogens is 1. The highest BCUT2D eigenvalue weighted by atomic mass is 19.1. The first-order valence-corrected chi connectivity index (χ1v) is 8.73. The Morgan fingerprint density at radius 2 is 1.88 bits per heavy atom. The number of benzene rings is 1. The first-order valence-electron chi connectivity index (χ1n) is 8.73. The number of aryl methyl sites for hydroxylation is 1. The standard InChI is InChI=1S/C20H23FN2O2/c1-3-25-18-11-10-17(14(2)22-18)23-19(24)20(12-4-5-13-20)15-6-8-16(21)9-7-15/h6-11H,3-5,12-13H2,1-2H3,(H,23,24). The molecule has 4 nitrogen and oxygen atoms in total. The van der Waals surface area contributed by atoms with Crippen molar-refractivity contribution in [3.05, 3.63) is 53.5 Å². The monoisotopic (exact) mass is 342 g/mol. The van der Waals surface area contributed by atoms with Crippen molar-refractivity contribution in [1.29, 1.82) is 0 Å². The summed E-state index contributed by atoms with van der Waals surface area (Å²) in [4.78, 5) is 17.5. The smallest absolute Gasteiger partial charge is 0.235 e. The van der Waals surface area contributed by atoms with Crippen molar-refractivity contribution < 1.29 is 13.9 Å². The predicted octanol–water partition coefficient (Wildman–Crippen LogP) is 4.38. The van der Waals surface area contributed by atoms with E-state index in [0.717, 1.165) is 31.2 Å². The Morgan fingerprint density at radius 3 is 2.48 bits per heavy atom. The fourth-order valence-electron chi connectivity index (χ4n) is 3.53.